The fourth-order valence-corrected chi connectivity index (χ4v) is 3.32. The number of ether oxygens (including phenoxy) is 2. The summed E-state index contributed by atoms with van der Waals surface area (Å²) in [7, 11) is 1.65. The van der Waals surface area contributed by atoms with Gasteiger partial charge in [-0.2, -0.15) is 9.36 Å². The van der Waals surface area contributed by atoms with Gasteiger partial charge in [0.05, 0.1) is 7.11 Å². The Labute approximate surface area is 167 Å². The van der Waals surface area contributed by atoms with Crippen LogP contribution in [-0.2, 0) is 6.42 Å². The average Bonchev–Trinajstić information content (AvgIpc) is 3.41. The van der Waals surface area contributed by atoms with Gasteiger partial charge in [-0.1, -0.05) is 18.2 Å². The van der Waals surface area contributed by atoms with Crippen LogP contribution in [0.5, 0.6) is 16.7 Å². The third-order valence-electron chi connectivity index (χ3n) is 4.51. The van der Waals surface area contributed by atoms with Crippen LogP contribution in [0.25, 0.3) is 0 Å². The lowest BCUT2D eigenvalue weighted by atomic mass is 10.1. The lowest BCUT2D eigenvalue weighted by Gasteiger charge is -2.08. The maximum atomic E-state index is 12.3. The standard InChI is InChI=1S/C21H21N3O3S/c1-13-6-7-15(20(25)22-16-8-9-16)12-18(13)27-21-23-19(24-28-21)11-14-4-3-5-17(10-14)26-2/h3-7,10,12,16H,8-9,11H2,1-2H3,(H,22,25). The van der Waals surface area contributed by atoms with Crippen molar-refractivity contribution >= 4 is 17.4 Å². The second-order valence-electron chi connectivity index (χ2n) is 6.83. The topological polar surface area (TPSA) is 73.3 Å². The molecule has 1 N–H and O–H groups in total. The maximum Gasteiger partial charge on any atom is 0.298 e. The van der Waals surface area contributed by atoms with Crippen molar-refractivity contribution in [3.05, 3.63) is 65.0 Å². The molecule has 0 bridgehead atoms. The van der Waals surface area contributed by atoms with Crippen molar-refractivity contribution in [3.8, 4) is 16.7 Å². The Morgan fingerprint density at radius 3 is 2.89 bits per heavy atom. The van der Waals surface area contributed by atoms with E-state index < -0.39 is 0 Å². The first-order valence-electron chi connectivity index (χ1n) is 9.15. The summed E-state index contributed by atoms with van der Waals surface area (Å²) in [6.45, 7) is 1.94. The van der Waals surface area contributed by atoms with Crippen LogP contribution < -0.4 is 14.8 Å². The van der Waals surface area contributed by atoms with E-state index in [0.717, 1.165) is 29.7 Å². The van der Waals surface area contributed by atoms with Crippen LogP contribution in [0.2, 0.25) is 0 Å². The zero-order valence-corrected chi connectivity index (χ0v) is 16.6. The van der Waals surface area contributed by atoms with Gasteiger partial charge in [0.2, 0.25) is 0 Å². The molecule has 1 amide bonds. The van der Waals surface area contributed by atoms with E-state index in [9.17, 15) is 4.79 Å². The maximum absolute atomic E-state index is 12.3. The lowest BCUT2D eigenvalue weighted by molar-refractivity contribution is 0.0950. The molecule has 1 heterocycles. The molecule has 0 spiro atoms. The number of rotatable bonds is 7. The number of hydrogen-bond acceptors (Lipinski definition) is 6. The van der Waals surface area contributed by atoms with Crippen molar-refractivity contribution in [2.24, 2.45) is 0 Å². The van der Waals surface area contributed by atoms with E-state index in [1.807, 2.05) is 43.3 Å². The summed E-state index contributed by atoms with van der Waals surface area (Å²) < 4.78 is 15.6. The van der Waals surface area contributed by atoms with Gasteiger partial charge in [0.1, 0.15) is 11.5 Å². The molecule has 144 valence electrons. The molecule has 0 unspecified atom stereocenters. The molecule has 7 heteroatoms. The number of methoxy groups -OCH3 is 1. The molecule has 4 rings (SSSR count). The van der Waals surface area contributed by atoms with Crippen LogP contribution in [0.3, 0.4) is 0 Å². The first-order chi connectivity index (χ1) is 13.6. The highest BCUT2D eigenvalue weighted by Crippen LogP contribution is 2.28. The predicted octanol–water partition coefficient (Wildman–Crippen LogP) is 4.13. The quantitative estimate of drug-likeness (QED) is 0.651. The fourth-order valence-electron chi connectivity index (χ4n) is 2.76. The van der Waals surface area contributed by atoms with Crippen LogP contribution in [0.1, 0.15) is 40.2 Å². The van der Waals surface area contributed by atoms with E-state index in [4.69, 9.17) is 9.47 Å². The molecule has 0 radical (unpaired) electrons. The van der Waals surface area contributed by atoms with Crippen LogP contribution >= 0.6 is 11.5 Å². The van der Waals surface area contributed by atoms with E-state index in [-0.39, 0.29) is 5.91 Å². The number of amides is 1. The fraction of sp³-hybridized carbons (Fsp3) is 0.286. The largest absolute Gasteiger partial charge is 0.497 e. The molecule has 0 saturated heterocycles. The molecule has 28 heavy (non-hydrogen) atoms. The third kappa shape index (κ3) is 4.48. The highest BCUT2D eigenvalue weighted by atomic mass is 32.1. The minimum Gasteiger partial charge on any atom is -0.497 e. The molecule has 1 fully saturated rings. The SMILES string of the molecule is COc1cccc(Cc2nsc(Oc3cc(C(=O)NC4CC4)ccc3C)n2)c1. The molecule has 3 aromatic rings. The van der Waals surface area contributed by atoms with Crippen molar-refractivity contribution in [2.75, 3.05) is 7.11 Å². The Kier molecular flexibility index (Phi) is 5.25. The van der Waals surface area contributed by atoms with Crippen LogP contribution in [0, 0.1) is 6.92 Å². The van der Waals surface area contributed by atoms with Gasteiger partial charge in [0.25, 0.3) is 11.1 Å². The van der Waals surface area contributed by atoms with Gasteiger partial charge in [0.15, 0.2) is 5.82 Å². The normalized spacial score (nSPS) is 13.2. The van der Waals surface area contributed by atoms with Gasteiger partial charge in [-0.25, -0.2) is 0 Å². The smallest absolute Gasteiger partial charge is 0.298 e. The molecular formula is C21H21N3O3S. The van der Waals surface area contributed by atoms with Gasteiger partial charge >= 0.3 is 0 Å². The first-order valence-corrected chi connectivity index (χ1v) is 9.93. The summed E-state index contributed by atoms with van der Waals surface area (Å²) in [5.74, 6) is 2.05. The zero-order valence-electron chi connectivity index (χ0n) is 15.8. The van der Waals surface area contributed by atoms with Gasteiger partial charge < -0.3 is 14.8 Å². The average molecular weight is 395 g/mol. The highest BCUT2D eigenvalue weighted by molar-refractivity contribution is 7.07. The van der Waals surface area contributed by atoms with Gasteiger partial charge in [-0.05, 0) is 55.2 Å². The molecule has 0 aliphatic heterocycles. The summed E-state index contributed by atoms with van der Waals surface area (Å²) in [6, 6.07) is 13.6. The first kappa shape index (κ1) is 18.4. The minimum atomic E-state index is -0.0664. The van der Waals surface area contributed by atoms with E-state index in [0.29, 0.717) is 34.8 Å². The second kappa shape index (κ2) is 7.98. The Balaban J connectivity index is 1.46. The van der Waals surface area contributed by atoms with Crippen molar-refractivity contribution in [3.63, 3.8) is 0 Å². The van der Waals surface area contributed by atoms with Crippen LogP contribution in [-0.4, -0.2) is 28.4 Å². The minimum absolute atomic E-state index is 0.0664. The van der Waals surface area contributed by atoms with E-state index in [2.05, 4.69) is 14.7 Å². The predicted molar refractivity (Wildman–Crippen MR) is 107 cm³/mol. The van der Waals surface area contributed by atoms with Crippen molar-refractivity contribution in [1.82, 2.24) is 14.7 Å². The number of nitrogens with one attached hydrogen (secondary N) is 1. The molecule has 1 aliphatic rings. The zero-order chi connectivity index (χ0) is 19.5. The Morgan fingerprint density at radius 1 is 1.25 bits per heavy atom. The number of aryl methyl sites for hydroxylation is 1. The summed E-state index contributed by atoms with van der Waals surface area (Å²) in [4.78, 5) is 16.7. The number of aromatic nitrogens is 2. The highest BCUT2D eigenvalue weighted by Gasteiger charge is 2.24. The Hall–Kier alpha value is -2.93. The van der Waals surface area contributed by atoms with Crippen molar-refractivity contribution in [1.29, 1.82) is 0 Å². The molecule has 1 aliphatic carbocycles. The summed E-state index contributed by atoms with van der Waals surface area (Å²) >= 11 is 1.20. The van der Waals surface area contributed by atoms with Crippen molar-refractivity contribution in [2.45, 2.75) is 32.2 Å². The van der Waals surface area contributed by atoms with E-state index >= 15 is 0 Å². The molecule has 2 aromatic carbocycles. The number of nitrogens with zero attached hydrogens (tertiary/aromatic N) is 2. The third-order valence-corrected chi connectivity index (χ3v) is 5.14. The molecule has 1 aromatic heterocycles. The number of carbonyl (C=O) groups is 1. The molecule has 1 saturated carbocycles. The van der Waals surface area contributed by atoms with Crippen LogP contribution in [0.15, 0.2) is 42.5 Å². The number of carbonyl (C=O) groups excluding carboxylic acids is 1. The summed E-state index contributed by atoms with van der Waals surface area (Å²) in [6.07, 6.45) is 2.71. The van der Waals surface area contributed by atoms with E-state index in [1.54, 1.807) is 13.2 Å². The number of hydrogen-bond donors (Lipinski definition) is 1. The lowest BCUT2D eigenvalue weighted by Crippen LogP contribution is -2.25. The van der Waals surface area contributed by atoms with Crippen LogP contribution in [0.4, 0.5) is 0 Å². The summed E-state index contributed by atoms with van der Waals surface area (Å²) in [5, 5.41) is 3.45. The second-order valence-corrected chi connectivity index (χ2v) is 7.55. The number of benzene rings is 2. The van der Waals surface area contributed by atoms with E-state index in [1.165, 1.54) is 11.5 Å². The summed E-state index contributed by atoms with van der Waals surface area (Å²) in [5.41, 5.74) is 2.60. The van der Waals surface area contributed by atoms with Crippen molar-refractivity contribution < 1.29 is 14.3 Å². The Bertz CT molecular complexity index is 998. The van der Waals surface area contributed by atoms with Gasteiger partial charge in [0, 0.05) is 29.6 Å². The Morgan fingerprint density at radius 2 is 2.11 bits per heavy atom. The van der Waals surface area contributed by atoms with Gasteiger partial charge in [-0.3, -0.25) is 4.79 Å². The molecular weight excluding hydrogens is 374 g/mol. The molecule has 6 nitrogen and oxygen atoms in total. The van der Waals surface area contributed by atoms with Gasteiger partial charge in [-0.15, -0.1) is 0 Å². The monoisotopic (exact) mass is 395 g/mol. The molecule has 0 atom stereocenters.